The number of benzene rings is 3. The van der Waals surface area contributed by atoms with Gasteiger partial charge >= 0.3 is 0 Å². The molecule has 7 heteroatoms. The van der Waals surface area contributed by atoms with E-state index in [2.05, 4.69) is 4.90 Å². The van der Waals surface area contributed by atoms with Crippen molar-refractivity contribution in [3.63, 3.8) is 0 Å². The first-order chi connectivity index (χ1) is 17.1. The van der Waals surface area contributed by atoms with Gasteiger partial charge in [-0.2, -0.15) is 0 Å². The van der Waals surface area contributed by atoms with E-state index in [1.54, 1.807) is 26.4 Å². The number of nitrogens with zero attached hydrogens (tertiary/aromatic N) is 1. The third kappa shape index (κ3) is 4.42. The van der Waals surface area contributed by atoms with Crippen LogP contribution in [-0.4, -0.2) is 38.2 Å². The third-order valence-corrected chi connectivity index (χ3v) is 6.04. The van der Waals surface area contributed by atoms with E-state index in [0.717, 1.165) is 22.4 Å². The van der Waals surface area contributed by atoms with Crippen LogP contribution in [0.3, 0.4) is 0 Å². The molecule has 2 heterocycles. The Bertz CT molecular complexity index is 1300. The van der Waals surface area contributed by atoms with E-state index in [4.69, 9.17) is 23.7 Å². The number of methoxy groups -OCH3 is 2. The van der Waals surface area contributed by atoms with E-state index >= 15 is 0 Å². The first-order valence-corrected chi connectivity index (χ1v) is 11.5. The van der Waals surface area contributed by atoms with Crippen LogP contribution in [0.5, 0.6) is 28.7 Å². The van der Waals surface area contributed by atoms with Gasteiger partial charge in [0.15, 0.2) is 17.3 Å². The lowest BCUT2D eigenvalue weighted by atomic mass is 10.0. The second-order valence-corrected chi connectivity index (χ2v) is 8.28. The molecule has 0 saturated carbocycles. The molecule has 35 heavy (non-hydrogen) atoms. The van der Waals surface area contributed by atoms with Crippen molar-refractivity contribution in [2.24, 2.45) is 0 Å². The van der Waals surface area contributed by atoms with Gasteiger partial charge in [-0.05, 0) is 48.9 Å². The van der Waals surface area contributed by atoms with E-state index in [1.807, 2.05) is 55.5 Å². The maximum atomic E-state index is 13.1. The number of rotatable bonds is 7. The van der Waals surface area contributed by atoms with Crippen molar-refractivity contribution in [3.05, 3.63) is 82.6 Å². The van der Waals surface area contributed by atoms with Crippen molar-refractivity contribution in [2.45, 2.75) is 20.0 Å². The Labute approximate surface area is 204 Å². The van der Waals surface area contributed by atoms with Crippen molar-refractivity contribution >= 4 is 11.9 Å². The van der Waals surface area contributed by atoms with Crippen molar-refractivity contribution < 1.29 is 28.5 Å². The highest BCUT2D eigenvalue weighted by Gasteiger charge is 2.33. The zero-order valence-electron chi connectivity index (χ0n) is 20.0. The number of para-hydroxylation sites is 1. The summed E-state index contributed by atoms with van der Waals surface area (Å²) in [6, 6.07) is 17.1. The first-order valence-electron chi connectivity index (χ1n) is 11.5. The normalized spacial score (nSPS) is 15.7. The third-order valence-electron chi connectivity index (χ3n) is 6.04. The van der Waals surface area contributed by atoms with Crippen LogP contribution >= 0.6 is 0 Å². The Morgan fingerprint density at radius 1 is 1.00 bits per heavy atom. The van der Waals surface area contributed by atoms with Gasteiger partial charge in [-0.1, -0.05) is 24.3 Å². The highest BCUT2D eigenvalue weighted by atomic mass is 16.5. The number of ketones is 1. The molecule has 3 aromatic rings. The summed E-state index contributed by atoms with van der Waals surface area (Å²) in [5.74, 6) is 3.50. The van der Waals surface area contributed by atoms with E-state index < -0.39 is 0 Å². The lowest BCUT2D eigenvalue weighted by molar-refractivity contribution is 0.0872. The highest BCUT2D eigenvalue weighted by molar-refractivity contribution is 6.15. The molecule has 0 radical (unpaired) electrons. The standard InChI is InChI=1S/C28H27NO6/c1-4-33-22-8-6-5-7-19(22)14-26-27(30)20-10-12-23-21(28(20)35-26)16-29(17-34-23)15-18-9-11-24(31-2)25(13-18)32-3/h5-14H,4,15-17H2,1-3H3/b26-14-. The number of Topliss-reactive ketones (excluding diaryl/α,β-unsaturated/α-hetero) is 1. The fraction of sp³-hybridized carbons (Fsp3) is 0.250. The number of hydrogen-bond donors (Lipinski definition) is 0. The molecular formula is C28H27NO6. The van der Waals surface area contributed by atoms with Gasteiger partial charge in [-0.15, -0.1) is 0 Å². The summed E-state index contributed by atoms with van der Waals surface area (Å²) in [6.45, 7) is 4.12. The molecule has 5 rings (SSSR count). The van der Waals surface area contributed by atoms with Crippen LogP contribution in [-0.2, 0) is 13.1 Å². The summed E-state index contributed by atoms with van der Waals surface area (Å²) in [4.78, 5) is 15.3. The number of fused-ring (bicyclic) bond motifs is 3. The molecular weight excluding hydrogens is 446 g/mol. The largest absolute Gasteiger partial charge is 0.493 e. The lowest BCUT2D eigenvalue weighted by Crippen LogP contribution is -2.31. The van der Waals surface area contributed by atoms with Gasteiger partial charge in [0.05, 0.1) is 32.0 Å². The zero-order valence-corrected chi connectivity index (χ0v) is 20.0. The molecule has 0 amide bonds. The molecule has 0 bridgehead atoms. The van der Waals surface area contributed by atoms with Crippen molar-refractivity contribution in [1.29, 1.82) is 0 Å². The molecule has 0 unspecified atom stereocenters. The second kappa shape index (κ2) is 9.72. The van der Waals surface area contributed by atoms with Gasteiger partial charge in [0, 0.05) is 18.7 Å². The minimum absolute atomic E-state index is 0.147. The average molecular weight is 474 g/mol. The zero-order chi connectivity index (χ0) is 24.4. The molecule has 3 aromatic carbocycles. The SMILES string of the molecule is CCOc1ccccc1/C=C1\Oc2c(ccc3c2CN(Cc2ccc(OC)c(OC)c2)CO3)C1=O. The molecule has 7 nitrogen and oxygen atoms in total. The van der Waals surface area contributed by atoms with Crippen LogP contribution in [0, 0.1) is 0 Å². The van der Waals surface area contributed by atoms with Crippen LogP contribution in [0.25, 0.3) is 6.08 Å². The van der Waals surface area contributed by atoms with Crippen molar-refractivity contribution in [2.75, 3.05) is 27.6 Å². The van der Waals surface area contributed by atoms with E-state index in [1.165, 1.54) is 0 Å². The average Bonchev–Trinajstić information content (AvgIpc) is 3.20. The molecule has 0 fully saturated rings. The molecule has 2 aliphatic rings. The smallest absolute Gasteiger partial charge is 0.231 e. The predicted octanol–water partition coefficient (Wildman–Crippen LogP) is 5.07. The summed E-state index contributed by atoms with van der Waals surface area (Å²) in [5.41, 5.74) is 3.27. The van der Waals surface area contributed by atoms with Gasteiger partial charge in [-0.25, -0.2) is 0 Å². The van der Waals surface area contributed by atoms with Crippen molar-refractivity contribution in [3.8, 4) is 28.7 Å². The summed E-state index contributed by atoms with van der Waals surface area (Å²) < 4.78 is 28.6. The number of ether oxygens (including phenoxy) is 5. The van der Waals surface area contributed by atoms with Crippen LogP contribution in [0.15, 0.2) is 60.4 Å². The molecule has 2 aliphatic heterocycles. The minimum Gasteiger partial charge on any atom is -0.493 e. The van der Waals surface area contributed by atoms with E-state index in [0.29, 0.717) is 55.0 Å². The molecule has 0 aliphatic carbocycles. The summed E-state index contributed by atoms with van der Waals surface area (Å²) in [5, 5.41) is 0. The number of hydrogen-bond acceptors (Lipinski definition) is 7. The quantitative estimate of drug-likeness (QED) is 0.444. The van der Waals surface area contributed by atoms with Crippen LogP contribution < -0.4 is 23.7 Å². The topological polar surface area (TPSA) is 66.5 Å². The fourth-order valence-electron chi connectivity index (χ4n) is 4.37. The summed E-state index contributed by atoms with van der Waals surface area (Å²) >= 11 is 0. The highest BCUT2D eigenvalue weighted by Crippen LogP contribution is 2.42. The van der Waals surface area contributed by atoms with E-state index in [9.17, 15) is 4.79 Å². The maximum Gasteiger partial charge on any atom is 0.231 e. The minimum atomic E-state index is -0.147. The molecule has 0 aromatic heterocycles. The number of allylic oxidation sites excluding steroid dienone is 1. The molecule has 0 saturated heterocycles. The van der Waals surface area contributed by atoms with Crippen LogP contribution in [0.2, 0.25) is 0 Å². The summed E-state index contributed by atoms with van der Waals surface area (Å²) in [6.07, 6.45) is 1.74. The Morgan fingerprint density at radius 3 is 2.63 bits per heavy atom. The Morgan fingerprint density at radius 2 is 1.83 bits per heavy atom. The summed E-state index contributed by atoms with van der Waals surface area (Å²) in [7, 11) is 3.24. The maximum absolute atomic E-state index is 13.1. The molecule has 0 spiro atoms. The fourth-order valence-corrected chi connectivity index (χ4v) is 4.37. The van der Waals surface area contributed by atoms with Gasteiger partial charge in [-0.3, -0.25) is 9.69 Å². The van der Waals surface area contributed by atoms with E-state index in [-0.39, 0.29) is 11.5 Å². The molecule has 0 N–H and O–H groups in total. The monoisotopic (exact) mass is 473 g/mol. The number of carbonyl (C=O) groups excluding carboxylic acids is 1. The van der Waals surface area contributed by atoms with Gasteiger partial charge in [0.2, 0.25) is 5.78 Å². The molecule has 0 atom stereocenters. The van der Waals surface area contributed by atoms with Gasteiger partial charge in [0.25, 0.3) is 0 Å². The Kier molecular flexibility index (Phi) is 6.33. The molecule has 180 valence electrons. The van der Waals surface area contributed by atoms with Gasteiger partial charge in [0.1, 0.15) is 24.0 Å². The van der Waals surface area contributed by atoms with Gasteiger partial charge < -0.3 is 23.7 Å². The Hall–Kier alpha value is -3.97. The van der Waals surface area contributed by atoms with Crippen LogP contribution in [0.1, 0.15) is 34.0 Å². The second-order valence-electron chi connectivity index (χ2n) is 8.28. The van der Waals surface area contributed by atoms with Crippen molar-refractivity contribution in [1.82, 2.24) is 4.90 Å². The Balaban J connectivity index is 1.40. The number of carbonyl (C=O) groups is 1. The lowest BCUT2D eigenvalue weighted by Gasteiger charge is -2.29. The predicted molar refractivity (Wildman–Crippen MR) is 131 cm³/mol. The van der Waals surface area contributed by atoms with Crippen LogP contribution in [0.4, 0.5) is 0 Å². The first kappa shape index (κ1) is 22.8.